The molecule has 0 aliphatic heterocycles. The van der Waals surface area contributed by atoms with Crippen LogP contribution in [0.15, 0.2) is 12.1 Å². The molecule has 5 heteroatoms. The Labute approximate surface area is 68.6 Å². The van der Waals surface area contributed by atoms with Crippen LogP contribution in [0, 0.1) is 18.6 Å². The summed E-state index contributed by atoms with van der Waals surface area (Å²) in [5.41, 5.74) is -0.519. The summed E-state index contributed by atoms with van der Waals surface area (Å²) < 4.78 is 25.6. The van der Waals surface area contributed by atoms with Crippen molar-refractivity contribution in [1.82, 2.24) is 0 Å². The highest BCUT2D eigenvalue weighted by Crippen LogP contribution is 2.08. The normalized spacial score (nSPS) is 10.1. The molecule has 0 aliphatic rings. The van der Waals surface area contributed by atoms with Gasteiger partial charge in [-0.05, 0) is 13.0 Å². The highest BCUT2D eigenvalue weighted by molar-refractivity contribution is 6.58. The van der Waals surface area contributed by atoms with Crippen LogP contribution in [0.1, 0.15) is 5.56 Å². The summed E-state index contributed by atoms with van der Waals surface area (Å²) in [5, 5.41) is 17.2. The topological polar surface area (TPSA) is 40.5 Å². The fourth-order valence-corrected chi connectivity index (χ4v) is 0.882. The molecule has 0 bridgehead atoms. The second-order valence-electron chi connectivity index (χ2n) is 2.45. The third-order valence-corrected chi connectivity index (χ3v) is 1.63. The van der Waals surface area contributed by atoms with E-state index in [0.717, 1.165) is 12.1 Å². The predicted octanol–water partition coefficient (Wildman–Crippen LogP) is -0.0470. The minimum atomic E-state index is -1.90. The summed E-state index contributed by atoms with van der Waals surface area (Å²) in [5.74, 6) is -1.61. The van der Waals surface area contributed by atoms with Crippen LogP contribution in [0.3, 0.4) is 0 Å². The molecule has 0 fully saturated rings. The Morgan fingerprint density at radius 2 is 1.83 bits per heavy atom. The van der Waals surface area contributed by atoms with Gasteiger partial charge in [0.15, 0.2) is 0 Å². The van der Waals surface area contributed by atoms with Crippen molar-refractivity contribution < 1.29 is 18.8 Å². The van der Waals surface area contributed by atoms with Crippen LogP contribution in [0.2, 0.25) is 0 Å². The molecule has 2 N–H and O–H groups in total. The third-order valence-electron chi connectivity index (χ3n) is 1.63. The summed E-state index contributed by atoms with van der Waals surface area (Å²) in [6.45, 7) is 1.23. The molecule has 0 spiro atoms. The average Bonchev–Trinajstić information content (AvgIpc) is 2.00. The van der Waals surface area contributed by atoms with Crippen molar-refractivity contribution in [2.75, 3.05) is 0 Å². The summed E-state index contributed by atoms with van der Waals surface area (Å²) >= 11 is 0. The first-order valence-electron chi connectivity index (χ1n) is 3.34. The van der Waals surface area contributed by atoms with Gasteiger partial charge in [0.1, 0.15) is 11.6 Å². The fourth-order valence-electron chi connectivity index (χ4n) is 0.882. The van der Waals surface area contributed by atoms with Crippen LogP contribution in [-0.2, 0) is 0 Å². The molecular weight excluding hydrogens is 165 g/mol. The molecule has 1 aromatic rings. The molecule has 0 radical (unpaired) electrons. The second kappa shape index (κ2) is 3.20. The number of benzene rings is 1. The quantitative estimate of drug-likeness (QED) is 0.583. The summed E-state index contributed by atoms with van der Waals surface area (Å²) in [4.78, 5) is 0. The van der Waals surface area contributed by atoms with Crippen molar-refractivity contribution in [3.63, 3.8) is 0 Å². The maximum atomic E-state index is 13.0. The first-order chi connectivity index (χ1) is 5.54. The third kappa shape index (κ3) is 1.46. The highest BCUT2D eigenvalue weighted by Gasteiger charge is 2.19. The molecule has 0 heterocycles. The van der Waals surface area contributed by atoms with Crippen LogP contribution in [0.5, 0.6) is 0 Å². The van der Waals surface area contributed by atoms with Crippen LogP contribution in [0.25, 0.3) is 0 Å². The molecule has 0 saturated heterocycles. The molecule has 0 unspecified atom stereocenters. The zero-order valence-corrected chi connectivity index (χ0v) is 6.38. The smallest absolute Gasteiger partial charge is 0.423 e. The Balaban J connectivity index is 3.27. The van der Waals surface area contributed by atoms with Crippen molar-refractivity contribution in [3.05, 3.63) is 29.3 Å². The number of hydrogen-bond donors (Lipinski definition) is 2. The van der Waals surface area contributed by atoms with Gasteiger partial charge in [-0.2, -0.15) is 0 Å². The van der Waals surface area contributed by atoms with Gasteiger partial charge in [-0.15, -0.1) is 0 Å². The van der Waals surface area contributed by atoms with E-state index in [0.29, 0.717) is 0 Å². The Kier molecular flexibility index (Phi) is 2.44. The molecule has 1 aromatic carbocycles. The van der Waals surface area contributed by atoms with E-state index in [1.165, 1.54) is 6.92 Å². The van der Waals surface area contributed by atoms with Crippen LogP contribution >= 0.6 is 0 Å². The minimum Gasteiger partial charge on any atom is -0.423 e. The lowest BCUT2D eigenvalue weighted by atomic mass is 9.79. The highest BCUT2D eigenvalue weighted by atomic mass is 19.1. The first kappa shape index (κ1) is 9.16. The van der Waals surface area contributed by atoms with Gasteiger partial charge in [0.05, 0.1) is 0 Å². The molecule has 0 aliphatic carbocycles. The van der Waals surface area contributed by atoms with E-state index >= 15 is 0 Å². The van der Waals surface area contributed by atoms with Crippen molar-refractivity contribution in [2.45, 2.75) is 6.92 Å². The molecule has 0 amide bonds. The van der Waals surface area contributed by atoms with Gasteiger partial charge in [0, 0.05) is 11.0 Å². The largest absolute Gasteiger partial charge is 0.491 e. The van der Waals surface area contributed by atoms with Gasteiger partial charge in [0.2, 0.25) is 0 Å². The van der Waals surface area contributed by atoms with E-state index in [9.17, 15) is 8.78 Å². The van der Waals surface area contributed by atoms with Gasteiger partial charge >= 0.3 is 7.12 Å². The molecule has 64 valence electrons. The molecule has 0 saturated carbocycles. The second-order valence-corrected chi connectivity index (χ2v) is 2.45. The van der Waals surface area contributed by atoms with E-state index in [2.05, 4.69) is 0 Å². The molecule has 0 atom stereocenters. The van der Waals surface area contributed by atoms with Crippen molar-refractivity contribution in [2.24, 2.45) is 0 Å². The monoisotopic (exact) mass is 172 g/mol. The maximum absolute atomic E-state index is 13.0. The molecule has 12 heavy (non-hydrogen) atoms. The lowest BCUT2D eigenvalue weighted by Gasteiger charge is -2.04. The number of rotatable bonds is 1. The van der Waals surface area contributed by atoms with Gasteiger partial charge < -0.3 is 10.0 Å². The van der Waals surface area contributed by atoms with E-state index in [1.807, 2.05) is 0 Å². The Morgan fingerprint density at radius 3 is 2.33 bits per heavy atom. The molecule has 0 aromatic heterocycles. The predicted molar refractivity (Wildman–Crippen MR) is 40.9 cm³/mol. The fraction of sp³-hybridized carbons (Fsp3) is 0.143. The number of hydrogen-bond acceptors (Lipinski definition) is 2. The molecule has 1 rings (SSSR count). The summed E-state index contributed by atoms with van der Waals surface area (Å²) in [7, 11) is -1.90. The van der Waals surface area contributed by atoms with Gasteiger partial charge in [-0.1, -0.05) is 6.07 Å². The van der Waals surface area contributed by atoms with E-state index < -0.39 is 18.8 Å². The SMILES string of the molecule is Cc1c(F)ccc(B(O)O)c1F. The lowest BCUT2D eigenvalue weighted by Crippen LogP contribution is -2.33. The molecule has 2 nitrogen and oxygen atoms in total. The van der Waals surface area contributed by atoms with Crippen LogP contribution in [-0.4, -0.2) is 17.2 Å². The average molecular weight is 172 g/mol. The lowest BCUT2D eigenvalue weighted by molar-refractivity contribution is 0.422. The zero-order valence-electron chi connectivity index (χ0n) is 6.38. The van der Waals surface area contributed by atoms with E-state index in [-0.39, 0.29) is 11.0 Å². The van der Waals surface area contributed by atoms with E-state index in [4.69, 9.17) is 10.0 Å². The Morgan fingerprint density at radius 1 is 1.25 bits per heavy atom. The van der Waals surface area contributed by atoms with Gasteiger partial charge in [0.25, 0.3) is 0 Å². The van der Waals surface area contributed by atoms with Crippen molar-refractivity contribution >= 4 is 12.6 Å². The zero-order chi connectivity index (χ0) is 9.30. The standard InChI is InChI=1S/C7H7BF2O2/c1-4-6(9)3-2-5(7(4)10)8(11)12/h2-3,11-12H,1H3. The van der Waals surface area contributed by atoms with Crippen LogP contribution < -0.4 is 5.46 Å². The minimum absolute atomic E-state index is 0.208. The summed E-state index contributed by atoms with van der Waals surface area (Å²) in [6, 6.07) is 2.00. The Bertz CT molecular complexity index is 302. The van der Waals surface area contributed by atoms with Gasteiger partial charge in [-0.3, -0.25) is 0 Å². The summed E-state index contributed by atoms with van der Waals surface area (Å²) in [6.07, 6.45) is 0. The van der Waals surface area contributed by atoms with Crippen molar-refractivity contribution in [3.8, 4) is 0 Å². The van der Waals surface area contributed by atoms with Crippen LogP contribution in [0.4, 0.5) is 8.78 Å². The number of halogens is 2. The van der Waals surface area contributed by atoms with Gasteiger partial charge in [-0.25, -0.2) is 8.78 Å². The maximum Gasteiger partial charge on any atom is 0.491 e. The van der Waals surface area contributed by atoms with Crippen molar-refractivity contribution in [1.29, 1.82) is 0 Å². The van der Waals surface area contributed by atoms with E-state index in [1.54, 1.807) is 0 Å². The Hall–Kier alpha value is -0.935. The molecular formula is C7H7BF2O2. The first-order valence-corrected chi connectivity index (χ1v) is 3.34.